The zero-order valence-electron chi connectivity index (χ0n) is 12.1. The van der Waals surface area contributed by atoms with Gasteiger partial charge in [-0.2, -0.15) is 11.3 Å². The third kappa shape index (κ3) is 3.69. The van der Waals surface area contributed by atoms with Gasteiger partial charge < -0.3 is 10.5 Å². The molecule has 2 aromatic carbocycles. The fourth-order valence-electron chi connectivity index (χ4n) is 2.33. The normalized spacial score (nSPS) is 10.0. The van der Waals surface area contributed by atoms with E-state index in [1.54, 1.807) is 11.3 Å². The van der Waals surface area contributed by atoms with Crippen molar-refractivity contribution in [3.05, 3.63) is 76.5 Å². The molecule has 3 rings (SSSR count). The second kappa shape index (κ2) is 7.99. The van der Waals surface area contributed by atoms with E-state index in [2.05, 4.69) is 35.0 Å². The number of benzene rings is 2. The standard InChI is InChI=1S/C18H17NOS.ClH/c19-11-17-16(15-9-10-21-13-15)7-4-8-18(17)20-12-14-5-2-1-3-6-14;/h1-10,13H,11-12,19H2;1H. The Morgan fingerprint density at radius 1 is 0.955 bits per heavy atom. The van der Waals surface area contributed by atoms with Gasteiger partial charge in [-0.15, -0.1) is 12.4 Å². The Balaban J connectivity index is 0.00000176. The molecule has 0 aliphatic carbocycles. The first kappa shape index (κ1) is 16.6. The topological polar surface area (TPSA) is 35.2 Å². The summed E-state index contributed by atoms with van der Waals surface area (Å²) in [5.41, 5.74) is 10.5. The molecule has 0 atom stereocenters. The van der Waals surface area contributed by atoms with E-state index in [4.69, 9.17) is 10.5 Å². The molecule has 3 aromatic rings. The van der Waals surface area contributed by atoms with Crippen LogP contribution in [0.25, 0.3) is 11.1 Å². The lowest BCUT2D eigenvalue weighted by Gasteiger charge is -2.14. The number of thiophene rings is 1. The molecule has 4 heteroatoms. The van der Waals surface area contributed by atoms with Crippen LogP contribution in [0.5, 0.6) is 5.75 Å². The third-order valence-corrected chi connectivity index (χ3v) is 4.09. The van der Waals surface area contributed by atoms with Crippen LogP contribution in [-0.2, 0) is 13.2 Å². The summed E-state index contributed by atoms with van der Waals surface area (Å²) in [7, 11) is 0. The van der Waals surface area contributed by atoms with Gasteiger partial charge in [-0.25, -0.2) is 0 Å². The van der Waals surface area contributed by atoms with Crippen molar-refractivity contribution in [2.45, 2.75) is 13.2 Å². The zero-order valence-corrected chi connectivity index (χ0v) is 13.7. The number of nitrogens with two attached hydrogens (primary N) is 1. The first-order chi connectivity index (χ1) is 10.4. The van der Waals surface area contributed by atoms with Gasteiger partial charge in [-0.1, -0.05) is 42.5 Å². The molecule has 22 heavy (non-hydrogen) atoms. The van der Waals surface area contributed by atoms with Crippen LogP contribution in [0.1, 0.15) is 11.1 Å². The minimum atomic E-state index is 0. The molecule has 0 amide bonds. The highest BCUT2D eigenvalue weighted by Gasteiger charge is 2.10. The number of halogens is 1. The van der Waals surface area contributed by atoms with Gasteiger partial charge in [0.2, 0.25) is 0 Å². The molecule has 0 spiro atoms. The molecule has 0 unspecified atom stereocenters. The Bertz CT molecular complexity index is 698. The molecule has 114 valence electrons. The van der Waals surface area contributed by atoms with Crippen molar-refractivity contribution in [3.63, 3.8) is 0 Å². The number of ether oxygens (including phenoxy) is 1. The predicted molar refractivity (Wildman–Crippen MR) is 95.7 cm³/mol. The number of hydrogen-bond donors (Lipinski definition) is 1. The number of rotatable bonds is 5. The van der Waals surface area contributed by atoms with Gasteiger partial charge in [-0.3, -0.25) is 0 Å². The lowest BCUT2D eigenvalue weighted by molar-refractivity contribution is 0.303. The molecule has 2 N–H and O–H groups in total. The van der Waals surface area contributed by atoms with Crippen LogP contribution in [0, 0.1) is 0 Å². The van der Waals surface area contributed by atoms with E-state index in [1.165, 1.54) is 5.56 Å². The van der Waals surface area contributed by atoms with Crippen LogP contribution in [-0.4, -0.2) is 0 Å². The van der Waals surface area contributed by atoms with Crippen LogP contribution in [0.4, 0.5) is 0 Å². The highest BCUT2D eigenvalue weighted by molar-refractivity contribution is 7.08. The molecular formula is C18H18ClNOS. The lowest BCUT2D eigenvalue weighted by atomic mass is 10.0. The Morgan fingerprint density at radius 3 is 2.45 bits per heavy atom. The average molecular weight is 332 g/mol. The van der Waals surface area contributed by atoms with E-state index < -0.39 is 0 Å². The van der Waals surface area contributed by atoms with E-state index in [1.807, 2.05) is 30.3 Å². The SMILES string of the molecule is Cl.NCc1c(OCc2ccccc2)cccc1-c1ccsc1. The maximum absolute atomic E-state index is 5.98. The zero-order chi connectivity index (χ0) is 14.5. The van der Waals surface area contributed by atoms with Crippen LogP contribution in [0.2, 0.25) is 0 Å². The minimum Gasteiger partial charge on any atom is -0.489 e. The molecule has 0 saturated carbocycles. The van der Waals surface area contributed by atoms with Crippen molar-refractivity contribution < 1.29 is 4.74 Å². The van der Waals surface area contributed by atoms with Crippen molar-refractivity contribution in [1.29, 1.82) is 0 Å². The summed E-state index contributed by atoms with van der Waals surface area (Å²) in [4.78, 5) is 0. The van der Waals surface area contributed by atoms with Gasteiger partial charge >= 0.3 is 0 Å². The fourth-order valence-corrected chi connectivity index (χ4v) is 2.99. The Morgan fingerprint density at radius 2 is 1.77 bits per heavy atom. The van der Waals surface area contributed by atoms with Gasteiger partial charge in [0.1, 0.15) is 12.4 Å². The Kier molecular flexibility index (Phi) is 6.01. The highest BCUT2D eigenvalue weighted by atomic mass is 35.5. The molecule has 0 fully saturated rings. The Labute approximate surface area is 141 Å². The van der Waals surface area contributed by atoms with Gasteiger partial charge in [0.25, 0.3) is 0 Å². The van der Waals surface area contributed by atoms with Crippen LogP contribution in [0.3, 0.4) is 0 Å². The van der Waals surface area contributed by atoms with Crippen LogP contribution >= 0.6 is 23.7 Å². The van der Waals surface area contributed by atoms with Crippen molar-refractivity contribution in [2.24, 2.45) is 5.73 Å². The maximum Gasteiger partial charge on any atom is 0.124 e. The summed E-state index contributed by atoms with van der Waals surface area (Å²) in [6.07, 6.45) is 0. The molecule has 0 aliphatic heterocycles. The van der Waals surface area contributed by atoms with Gasteiger partial charge in [-0.05, 0) is 39.6 Å². The van der Waals surface area contributed by atoms with E-state index in [0.29, 0.717) is 13.2 Å². The quantitative estimate of drug-likeness (QED) is 0.723. The summed E-state index contributed by atoms with van der Waals surface area (Å²) in [6, 6.07) is 18.4. The van der Waals surface area contributed by atoms with Crippen molar-refractivity contribution in [3.8, 4) is 16.9 Å². The molecule has 0 bridgehead atoms. The summed E-state index contributed by atoms with van der Waals surface area (Å²) < 4.78 is 5.98. The Hall–Kier alpha value is -1.81. The maximum atomic E-state index is 5.98. The predicted octanol–water partition coefficient (Wildman–Crippen LogP) is 4.87. The first-order valence-electron chi connectivity index (χ1n) is 6.89. The summed E-state index contributed by atoms with van der Waals surface area (Å²) in [5.74, 6) is 0.866. The second-order valence-electron chi connectivity index (χ2n) is 4.77. The highest BCUT2D eigenvalue weighted by Crippen LogP contribution is 2.32. The summed E-state index contributed by atoms with van der Waals surface area (Å²) in [5, 5.41) is 4.21. The third-order valence-electron chi connectivity index (χ3n) is 3.41. The molecular weight excluding hydrogens is 314 g/mol. The van der Waals surface area contributed by atoms with E-state index in [-0.39, 0.29) is 12.4 Å². The summed E-state index contributed by atoms with van der Waals surface area (Å²) in [6.45, 7) is 1.02. The summed E-state index contributed by atoms with van der Waals surface area (Å²) >= 11 is 1.69. The smallest absolute Gasteiger partial charge is 0.124 e. The van der Waals surface area contributed by atoms with Gasteiger partial charge in [0.15, 0.2) is 0 Å². The van der Waals surface area contributed by atoms with Crippen molar-refractivity contribution in [1.82, 2.24) is 0 Å². The van der Waals surface area contributed by atoms with Crippen LogP contribution < -0.4 is 10.5 Å². The molecule has 0 aliphatic rings. The molecule has 0 radical (unpaired) electrons. The van der Waals surface area contributed by atoms with Gasteiger partial charge in [0.05, 0.1) is 0 Å². The lowest BCUT2D eigenvalue weighted by Crippen LogP contribution is -2.04. The number of hydrogen-bond acceptors (Lipinski definition) is 3. The van der Waals surface area contributed by atoms with Crippen molar-refractivity contribution >= 4 is 23.7 Å². The van der Waals surface area contributed by atoms with E-state index >= 15 is 0 Å². The molecule has 0 saturated heterocycles. The van der Waals surface area contributed by atoms with E-state index in [9.17, 15) is 0 Å². The van der Waals surface area contributed by atoms with E-state index in [0.717, 1.165) is 22.4 Å². The van der Waals surface area contributed by atoms with Crippen LogP contribution in [0.15, 0.2) is 65.4 Å². The first-order valence-corrected chi connectivity index (χ1v) is 7.84. The molecule has 1 aromatic heterocycles. The largest absolute Gasteiger partial charge is 0.489 e. The molecule has 1 heterocycles. The monoisotopic (exact) mass is 331 g/mol. The van der Waals surface area contributed by atoms with Gasteiger partial charge in [0, 0.05) is 12.1 Å². The molecule has 2 nitrogen and oxygen atoms in total. The average Bonchev–Trinajstić information content (AvgIpc) is 3.07. The fraction of sp³-hybridized carbons (Fsp3) is 0.111. The second-order valence-corrected chi connectivity index (χ2v) is 5.55. The van der Waals surface area contributed by atoms with Crippen molar-refractivity contribution in [2.75, 3.05) is 0 Å². The minimum absolute atomic E-state index is 0.